The predicted octanol–water partition coefficient (Wildman–Crippen LogP) is 5.27. The number of hydrogen-bond donors (Lipinski definition) is 6. The summed E-state index contributed by atoms with van der Waals surface area (Å²) < 4.78 is 0. The molecule has 60 heavy (non-hydrogen) atoms. The lowest BCUT2D eigenvalue weighted by atomic mass is 9.84. The highest BCUT2D eigenvalue weighted by Gasteiger charge is 2.53. The summed E-state index contributed by atoms with van der Waals surface area (Å²) in [5, 5.41) is 23.6. The molecule has 3 aromatic rings. The van der Waals surface area contributed by atoms with Gasteiger partial charge in [-0.25, -0.2) is 9.59 Å². The first kappa shape index (κ1) is 43.5. The summed E-state index contributed by atoms with van der Waals surface area (Å²) in [7, 11) is 0. The van der Waals surface area contributed by atoms with Crippen LogP contribution in [0.3, 0.4) is 0 Å². The zero-order valence-electron chi connectivity index (χ0n) is 34.9. The number of primary amides is 2. The van der Waals surface area contributed by atoms with Crippen molar-refractivity contribution in [1.29, 1.82) is 0 Å². The largest absolute Gasteiger partial charge is 0.465 e. The van der Waals surface area contributed by atoms with Crippen LogP contribution in [-0.2, 0) is 30.3 Å². The van der Waals surface area contributed by atoms with Gasteiger partial charge in [0.1, 0.15) is 23.2 Å². The first-order chi connectivity index (χ1) is 28.4. The van der Waals surface area contributed by atoms with E-state index in [2.05, 4.69) is 39.8 Å². The van der Waals surface area contributed by atoms with E-state index in [0.29, 0.717) is 36.8 Å². The molecule has 6 amide bonds. The Balaban J connectivity index is 1.32. The second kappa shape index (κ2) is 17.2. The van der Waals surface area contributed by atoms with E-state index < -0.39 is 59.0 Å². The van der Waals surface area contributed by atoms with E-state index in [1.807, 2.05) is 55.5 Å². The number of benzene rings is 3. The maximum absolute atomic E-state index is 13.9. The summed E-state index contributed by atoms with van der Waals surface area (Å²) in [5.74, 6) is -3.07. The molecule has 3 aromatic carbocycles. The first-order valence-electron chi connectivity index (χ1n) is 20.7. The lowest BCUT2D eigenvalue weighted by Crippen LogP contribution is -2.59. The highest BCUT2D eigenvalue weighted by Crippen LogP contribution is 2.49. The zero-order chi connectivity index (χ0) is 43.7. The molecule has 0 aliphatic carbocycles. The summed E-state index contributed by atoms with van der Waals surface area (Å²) in [6.07, 6.45) is 0.570. The highest BCUT2D eigenvalue weighted by molar-refractivity contribution is 5.96. The third-order valence-corrected chi connectivity index (χ3v) is 12.8. The number of likely N-dealkylation sites (tertiary alicyclic amines) is 2. The van der Waals surface area contributed by atoms with Crippen LogP contribution in [0.1, 0.15) is 106 Å². The Bertz CT molecular complexity index is 1980. The molecule has 3 aliphatic heterocycles. The molecule has 0 saturated carbocycles. The SMILES string of the molecule is Cc1ccc(N2[C@H](c3ccc([C@]4(C(N)=O)CCCN4C(=O)[C@@H](NC(=O)O)C(C)C)cc3)CC[C@H]2c2ccc([C@]3(C(N)=O)CCCN3C(=O)[C@@H](NC(=O)O)C(C)C)cc2)cc1. The van der Waals surface area contributed by atoms with Crippen LogP contribution >= 0.6 is 0 Å². The van der Waals surface area contributed by atoms with Gasteiger partial charge in [0.05, 0.1) is 12.1 Å². The molecule has 0 aromatic heterocycles. The number of anilines is 1. The minimum atomic E-state index is -1.44. The molecule has 0 bridgehead atoms. The van der Waals surface area contributed by atoms with Gasteiger partial charge in [0, 0.05) is 18.8 Å². The molecule has 3 aliphatic rings. The molecule has 3 fully saturated rings. The number of nitrogens with one attached hydrogen (secondary N) is 2. The highest BCUT2D eigenvalue weighted by atomic mass is 16.4. The lowest BCUT2D eigenvalue weighted by molar-refractivity contribution is -0.146. The van der Waals surface area contributed by atoms with Crippen molar-refractivity contribution in [2.45, 2.75) is 108 Å². The smallest absolute Gasteiger partial charge is 0.405 e. The monoisotopic (exact) mass is 823 g/mol. The Morgan fingerprint density at radius 1 is 0.617 bits per heavy atom. The predicted molar refractivity (Wildman–Crippen MR) is 224 cm³/mol. The average molecular weight is 824 g/mol. The van der Waals surface area contributed by atoms with Crippen molar-refractivity contribution in [3.05, 3.63) is 101 Å². The number of aryl methyl sites for hydroxylation is 1. The van der Waals surface area contributed by atoms with Crippen LogP contribution in [0.2, 0.25) is 0 Å². The lowest BCUT2D eigenvalue weighted by Gasteiger charge is -2.39. The topological polar surface area (TPSA) is 229 Å². The number of amides is 6. The van der Waals surface area contributed by atoms with E-state index in [0.717, 1.165) is 35.2 Å². The molecule has 0 radical (unpaired) electrons. The van der Waals surface area contributed by atoms with E-state index >= 15 is 0 Å². The van der Waals surface area contributed by atoms with E-state index in [9.17, 15) is 39.0 Å². The van der Waals surface area contributed by atoms with Crippen LogP contribution in [0.4, 0.5) is 15.3 Å². The van der Waals surface area contributed by atoms with Gasteiger partial charge in [0.2, 0.25) is 23.6 Å². The van der Waals surface area contributed by atoms with Crippen molar-refractivity contribution in [3.8, 4) is 0 Å². The van der Waals surface area contributed by atoms with Gasteiger partial charge in [-0.05, 0) is 91.7 Å². The third kappa shape index (κ3) is 7.84. The zero-order valence-corrected chi connectivity index (χ0v) is 34.9. The molecule has 6 atom stereocenters. The Kier molecular flexibility index (Phi) is 12.5. The average Bonchev–Trinajstić information content (AvgIpc) is 3.97. The van der Waals surface area contributed by atoms with Gasteiger partial charge in [0.15, 0.2) is 0 Å². The number of carbonyl (C=O) groups excluding carboxylic acids is 4. The van der Waals surface area contributed by atoms with E-state index in [1.54, 1.807) is 27.7 Å². The van der Waals surface area contributed by atoms with Crippen molar-refractivity contribution in [1.82, 2.24) is 20.4 Å². The maximum atomic E-state index is 13.9. The minimum absolute atomic E-state index is 0.0861. The standard InChI is InChI=1S/C45H57N7O8/c1-26(2)36(48-42(57)58)38(53)50-24-6-22-44(50,40(46)55)31-14-10-29(11-15-31)34-20-21-35(52(34)33-18-8-28(5)9-19-33)30-12-16-32(17-13-30)45(41(47)56)23-7-25-51(45)39(54)37(27(3)4)49-43(59)60/h8-19,26-27,34-37,48-49H,6-7,20-25H2,1-5H3,(H2,46,55)(H2,47,56)(H,57,58)(H,59,60)/t34-,35-,36-,37-,44-,45-/m0/s1. The Hall–Kier alpha value is -6.12. The fourth-order valence-electron chi connectivity index (χ4n) is 9.76. The maximum Gasteiger partial charge on any atom is 0.405 e. The molecule has 6 rings (SSSR count). The molecule has 320 valence electrons. The van der Waals surface area contributed by atoms with Crippen molar-refractivity contribution in [2.24, 2.45) is 23.3 Å². The minimum Gasteiger partial charge on any atom is -0.465 e. The molecule has 0 spiro atoms. The number of carboxylic acid groups (broad SMARTS) is 2. The molecule has 0 unspecified atom stereocenters. The summed E-state index contributed by atoms with van der Waals surface area (Å²) in [5.41, 5.74) is 14.6. The number of rotatable bonds is 13. The molecular weight excluding hydrogens is 767 g/mol. The van der Waals surface area contributed by atoms with Gasteiger partial charge in [-0.3, -0.25) is 19.2 Å². The van der Waals surface area contributed by atoms with E-state index in [-0.39, 0.29) is 37.0 Å². The Morgan fingerprint density at radius 2 is 0.983 bits per heavy atom. The van der Waals surface area contributed by atoms with Gasteiger partial charge in [-0.1, -0.05) is 93.9 Å². The summed E-state index contributed by atoms with van der Waals surface area (Å²) in [6, 6.07) is 21.3. The number of nitrogens with two attached hydrogens (primary N) is 2. The third-order valence-electron chi connectivity index (χ3n) is 12.8. The number of nitrogens with zero attached hydrogens (tertiary/aromatic N) is 3. The molecule has 8 N–H and O–H groups in total. The van der Waals surface area contributed by atoms with Gasteiger partial charge >= 0.3 is 12.2 Å². The van der Waals surface area contributed by atoms with Crippen LogP contribution in [0, 0.1) is 18.8 Å². The van der Waals surface area contributed by atoms with Crippen LogP contribution < -0.4 is 27.0 Å². The van der Waals surface area contributed by atoms with Crippen molar-refractivity contribution in [3.63, 3.8) is 0 Å². The van der Waals surface area contributed by atoms with Crippen molar-refractivity contribution in [2.75, 3.05) is 18.0 Å². The molecular formula is C45H57N7O8. The fraction of sp³-hybridized carbons (Fsp3) is 0.467. The summed E-state index contributed by atoms with van der Waals surface area (Å²) in [6.45, 7) is 9.52. The van der Waals surface area contributed by atoms with Crippen molar-refractivity contribution >= 4 is 41.5 Å². The molecule has 15 nitrogen and oxygen atoms in total. The van der Waals surface area contributed by atoms with E-state index in [4.69, 9.17) is 11.5 Å². The van der Waals surface area contributed by atoms with Crippen LogP contribution in [0.25, 0.3) is 0 Å². The van der Waals surface area contributed by atoms with Crippen LogP contribution in [0.15, 0.2) is 72.8 Å². The second-order valence-corrected chi connectivity index (χ2v) is 17.1. The molecule has 15 heteroatoms. The Morgan fingerprint density at radius 3 is 1.30 bits per heavy atom. The van der Waals surface area contributed by atoms with Gasteiger partial charge in [-0.15, -0.1) is 0 Å². The first-order valence-corrected chi connectivity index (χ1v) is 20.7. The van der Waals surface area contributed by atoms with Gasteiger partial charge < -0.3 is 47.0 Å². The normalized spacial score (nSPS) is 23.8. The Labute approximate surface area is 350 Å². The van der Waals surface area contributed by atoms with Crippen LogP contribution in [0.5, 0.6) is 0 Å². The van der Waals surface area contributed by atoms with E-state index in [1.165, 1.54) is 9.80 Å². The number of hydrogen-bond acceptors (Lipinski definition) is 7. The number of carbonyl (C=O) groups is 6. The summed E-state index contributed by atoms with van der Waals surface area (Å²) >= 11 is 0. The molecule has 3 saturated heterocycles. The van der Waals surface area contributed by atoms with Crippen LogP contribution in [-0.4, -0.2) is 81.0 Å². The van der Waals surface area contributed by atoms with Gasteiger partial charge in [-0.2, -0.15) is 0 Å². The summed E-state index contributed by atoms with van der Waals surface area (Å²) in [4.78, 5) is 83.0. The molecule has 3 heterocycles. The van der Waals surface area contributed by atoms with Gasteiger partial charge in [0.25, 0.3) is 0 Å². The second-order valence-electron chi connectivity index (χ2n) is 17.1. The quantitative estimate of drug-likeness (QED) is 0.132. The van der Waals surface area contributed by atoms with Crippen molar-refractivity contribution < 1.29 is 39.0 Å². The fourth-order valence-corrected chi connectivity index (χ4v) is 9.76.